The van der Waals surface area contributed by atoms with Gasteiger partial charge in [-0.3, -0.25) is 0 Å². The first-order valence-electron chi connectivity index (χ1n) is 7.69. The number of aliphatic hydroxyl groups is 1. The van der Waals surface area contributed by atoms with Crippen molar-refractivity contribution in [3.05, 3.63) is 0 Å². The molecule has 1 fully saturated rings. The number of carbonyl (C=O) groups is 1. The van der Waals surface area contributed by atoms with Crippen LogP contribution in [-0.2, 0) is 4.74 Å². The molecule has 2 atom stereocenters. The normalized spacial score (nSPS) is 28.2. The third-order valence-corrected chi connectivity index (χ3v) is 5.02. The zero-order valence-electron chi connectivity index (χ0n) is 14.8. The average Bonchev–Trinajstić information content (AvgIpc) is 2.33. The van der Waals surface area contributed by atoms with Gasteiger partial charge < -0.3 is 20.1 Å². The molecule has 1 saturated carbocycles. The van der Waals surface area contributed by atoms with Crippen LogP contribution in [0.1, 0.15) is 54.9 Å². The van der Waals surface area contributed by atoms with Crippen LogP contribution in [0, 0.1) is 5.41 Å². The van der Waals surface area contributed by atoms with Crippen LogP contribution in [0.25, 0.3) is 0 Å². The summed E-state index contributed by atoms with van der Waals surface area (Å²) in [5.41, 5.74) is -1.23. The molecule has 0 spiro atoms. The Morgan fingerprint density at radius 1 is 1.43 bits per heavy atom. The Hall–Kier alpha value is -0.810. The first-order chi connectivity index (χ1) is 9.34. The largest absolute Gasteiger partial charge is 0.389 e. The molecule has 1 aliphatic rings. The van der Waals surface area contributed by atoms with Crippen LogP contribution >= 0.6 is 0 Å². The molecule has 2 amide bonds. The van der Waals surface area contributed by atoms with Gasteiger partial charge in [-0.1, -0.05) is 13.8 Å². The number of urea groups is 1. The molecule has 0 radical (unpaired) electrons. The van der Waals surface area contributed by atoms with E-state index < -0.39 is 5.60 Å². The minimum Gasteiger partial charge on any atom is -0.389 e. The minimum absolute atomic E-state index is 0.0356. The Bertz CT molecular complexity index is 387. The number of nitrogens with zero attached hydrogens (tertiary/aromatic N) is 1. The number of ether oxygens (including phenoxy) is 1. The standard InChI is InChI=1S/C16H32N2O3/c1-11(2)18(10-14(3,4)20)13(19)17-12-9-16(7,21-8)15(12,5)6/h11-12,20H,9-10H2,1-8H3,(H,17,19)/t12-,16+/m1/s1. The third kappa shape index (κ3) is 3.69. The molecule has 2 N–H and O–H groups in total. The Balaban J connectivity index is 2.72. The van der Waals surface area contributed by atoms with Crippen molar-refractivity contribution in [2.45, 2.75) is 78.2 Å². The highest BCUT2D eigenvalue weighted by molar-refractivity contribution is 5.75. The van der Waals surface area contributed by atoms with E-state index in [2.05, 4.69) is 26.1 Å². The maximum Gasteiger partial charge on any atom is 0.317 e. The van der Waals surface area contributed by atoms with E-state index in [4.69, 9.17) is 4.74 Å². The van der Waals surface area contributed by atoms with Crippen LogP contribution in [0.5, 0.6) is 0 Å². The molecule has 0 unspecified atom stereocenters. The Morgan fingerprint density at radius 2 is 1.95 bits per heavy atom. The van der Waals surface area contributed by atoms with E-state index in [1.807, 2.05) is 13.8 Å². The van der Waals surface area contributed by atoms with Crippen LogP contribution in [0.2, 0.25) is 0 Å². The molecule has 124 valence electrons. The number of nitrogens with one attached hydrogen (secondary N) is 1. The fourth-order valence-corrected chi connectivity index (χ4v) is 2.86. The lowest BCUT2D eigenvalue weighted by atomic mass is 9.56. The van der Waals surface area contributed by atoms with E-state index in [1.54, 1.807) is 25.9 Å². The number of hydrogen-bond donors (Lipinski definition) is 2. The fraction of sp³-hybridized carbons (Fsp3) is 0.938. The van der Waals surface area contributed by atoms with Crippen LogP contribution in [0.15, 0.2) is 0 Å². The topological polar surface area (TPSA) is 61.8 Å². The minimum atomic E-state index is -0.905. The predicted octanol–water partition coefficient (Wildman–Crippen LogP) is 2.38. The molecule has 5 heteroatoms. The number of hydrogen-bond acceptors (Lipinski definition) is 3. The number of amides is 2. The molecule has 0 bridgehead atoms. The summed E-state index contributed by atoms with van der Waals surface area (Å²) in [6.45, 7) is 13.9. The van der Waals surface area contributed by atoms with Gasteiger partial charge in [0, 0.05) is 24.6 Å². The summed E-state index contributed by atoms with van der Waals surface area (Å²) in [7, 11) is 1.72. The third-order valence-electron chi connectivity index (χ3n) is 5.02. The monoisotopic (exact) mass is 300 g/mol. The maximum absolute atomic E-state index is 12.5. The maximum atomic E-state index is 12.5. The van der Waals surface area contributed by atoms with Gasteiger partial charge in [-0.25, -0.2) is 4.79 Å². The molecule has 5 nitrogen and oxygen atoms in total. The number of carbonyl (C=O) groups excluding carboxylic acids is 1. The average molecular weight is 300 g/mol. The Kier molecular flexibility index (Phi) is 5.01. The summed E-state index contributed by atoms with van der Waals surface area (Å²) in [5, 5.41) is 13.1. The Labute approximate surface area is 129 Å². The van der Waals surface area contributed by atoms with Gasteiger partial charge in [-0.15, -0.1) is 0 Å². The zero-order chi connectivity index (χ0) is 16.6. The number of rotatable bonds is 5. The highest BCUT2D eigenvalue weighted by Crippen LogP contribution is 2.51. The van der Waals surface area contributed by atoms with Gasteiger partial charge in [0.2, 0.25) is 0 Å². The molecule has 0 aliphatic heterocycles. The second-order valence-electron chi connectivity index (χ2n) is 7.90. The van der Waals surface area contributed by atoms with Crippen molar-refractivity contribution >= 4 is 6.03 Å². The lowest BCUT2D eigenvalue weighted by Gasteiger charge is -2.59. The summed E-state index contributed by atoms with van der Waals surface area (Å²) >= 11 is 0. The van der Waals surface area contributed by atoms with Crippen LogP contribution in [0.4, 0.5) is 4.79 Å². The quantitative estimate of drug-likeness (QED) is 0.819. The highest BCUT2D eigenvalue weighted by Gasteiger charge is 2.58. The smallest absolute Gasteiger partial charge is 0.317 e. The van der Waals surface area contributed by atoms with E-state index >= 15 is 0 Å². The zero-order valence-corrected chi connectivity index (χ0v) is 14.8. The molecular weight excluding hydrogens is 268 g/mol. The summed E-state index contributed by atoms with van der Waals surface area (Å²) in [6, 6.07) is -0.00483. The molecule has 0 heterocycles. The molecule has 1 rings (SSSR count). The molecule has 0 aromatic carbocycles. The lowest BCUT2D eigenvalue weighted by molar-refractivity contribution is -0.178. The van der Waals surface area contributed by atoms with Crippen molar-refractivity contribution in [3.63, 3.8) is 0 Å². The molecular formula is C16H32N2O3. The first-order valence-corrected chi connectivity index (χ1v) is 7.69. The molecule has 0 aromatic heterocycles. The Morgan fingerprint density at radius 3 is 2.29 bits per heavy atom. The summed E-state index contributed by atoms with van der Waals surface area (Å²) in [4.78, 5) is 14.2. The SMILES string of the molecule is CO[C@@]1(C)C[C@@H](NC(=O)N(CC(C)(C)O)C(C)C)C1(C)C. The van der Waals surface area contributed by atoms with Gasteiger partial charge in [0.1, 0.15) is 0 Å². The second-order valence-corrected chi connectivity index (χ2v) is 7.90. The van der Waals surface area contributed by atoms with Crippen molar-refractivity contribution < 1.29 is 14.6 Å². The summed E-state index contributed by atoms with van der Waals surface area (Å²) in [6.07, 6.45) is 0.802. The summed E-state index contributed by atoms with van der Waals surface area (Å²) in [5.74, 6) is 0. The summed E-state index contributed by atoms with van der Waals surface area (Å²) < 4.78 is 5.58. The van der Waals surface area contributed by atoms with E-state index in [9.17, 15) is 9.90 Å². The van der Waals surface area contributed by atoms with Crippen molar-refractivity contribution in [1.82, 2.24) is 10.2 Å². The molecule has 0 saturated heterocycles. The lowest BCUT2D eigenvalue weighted by Crippen LogP contribution is -2.70. The molecule has 1 aliphatic carbocycles. The van der Waals surface area contributed by atoms with Crippen molar-refractivity contribution in [2.75, 3.05) is 13.7 Å². The van der Waals surface area contributed by atoms with E-state index in [0.717, 1.165) is 6.42 Å². The van der Waals surface area contributed by atoms with E-state index in [0.29, 0.717) is 6.54 Å². The van der Waals surface area contributed by atoms with Crippen molar-refractivity contribution in [3.8, 4) is 0 Å². The molecule has 0 aromatic rings. The van der Waals surface area contributed by atoms with Crippen LogP contribution < -0.4 is 5.32 Å². The fourth-order valence-electron chi connectivity index (χ4n) is 2.86. The number of methoxy groups -OCH3 is 1. The molecule has 21 heavy (non-hydrogen) atoms. The van der Waals surface area contributed by atoms with Gasteiger partial charge in [0.15, 0.2) is 0 Å². The first kappa shape index (κ1) is 18.2. The predicted molar refractivity (Wildman–Crippen MR) is 84.3 cm³/mol. The highest BCUT2D eigenvalue weighted by atomic mass is 16.5. The van der Waals surface area contributed by atoms with E-state index in [1.165, 1.54) is 0 Å². The second kappa shape index (κ2) is 5.76. The van der Waals surface area contributed by atoms with Gasteiger partial charge in [0.25, 0.3) is 0 Å². The van der Waals surface area contributed by atoms with Gasteiger partial charge in [0.05, 0.1) is 17.7 Å². The van der Waals surface area contributed by atoms with Crippen molar-refractivity contribution in [2.24, 2.45) is 5.41 Å². The van der Waals surface area contributed by atoms with Crippen LogP contribution in [-0.4, -0.2) is 53.0 Å². The van der Waals surface area contributed by atoms with Crippen molar-refractivity contribution in [1.29, 1.82) is 0 Å². The van der Waals surface area contributed by atoms with Gasteiger partial charge in [-0.2, -0.15) is 0 Å². The van der Waals surface area contributed by atoms with Gasteiger partial charge >= 0.3 is 6.03 Å². The van der Waals surface area contributed by atoms with Gasteiger partial charge in [-0.05, 0) is 41.0 Å². The van der Waals surface area contributed by atoms with Crippen LogP contribution in [0.3, 0.4) is 0 Å². The van der Waals surface area contributed by atoms with E-state index in [-0.39, 0.29) is 29.1 Å².